The lowest BCUT2D eigenvalue weighted by molar-refractivity contribution is 0.347. The first kappa shape index (κ1) is 12.6. The van der Waals surface area contributed by atoms with E-state index in [9.17, 15) is 0 Å². The van der Waals surface area contributed by atoms with Gasteiger partial charge in [-0.2, -0.15) is 0 Å². The molecule has 0 spiro atoms. The largest absolute Gasteiger partial charge is 0.496 e. The molecule has 2 N–H and O–H groups in total. The van der Waals surface area contributed by atoms with Gasteiger partial charge in [0.2, 0.25) is 0 Å². The van der Waals surface area contributed by atoms with Crippen LogP contribution in [0.25, 0.3) is 0 Å². The summed E-state index contributed by atoms with van der Waals surface area (Å²) >= 11 is 0. The van der Waals surface area contributed by atoms with Crippen LogP contribution in [0.1, 0.15) is 12.5 Å². The van der Waals surface area contributed by atoms with Gasteiger partial charge in [-0.1, -0.05) is 0 Å². The van der Waals surface area contributed by atoms with Gasteiger partial charge in [0.05, 0.1) is 21.3 Å². The summed E-state index contributed by atoms with van der Waals surface area (Å²) in [6.45, 7) is 1.95. The predicted molar refractivity (Wildman–Crippen MR) is 63.5 cm³/mol. The van der Waals surface area contributed by atoms with Crippen LogP contribution >= 0.6 is 0 Å². The second-order valence-electron chi connectivity index (χ2n) is 3.70. The summed E-state index contributed by atoms with van der Waals surface area (Å²) in [5.74, 6) is 2.13. The zero-order chi connectivity index (χ0) is 12.1. The minimum absolute atomic E-state index is 0.0759. The molecule has 1 aromatic rings. The highest BCUT2D eigenvalue weighted by molar-refractivity contribution is 5.50. The minimum Gasteiger partial charge on any atom is -0.496 e. The fourth-order valence-electron chi connectivity index (χ4n) is 1.60. The smallest absolute Gasteiger partial charge is 0.164 e. The molecule has 0 saturated carbocycles. The van der Waals surface area contributed by atoms with Crippen molar-refractivity contribution in [1.29, 1.82) is 0 Å². The third-order valence-corrected chi connectivity index (χ3v) is 2.33. The molecule has 0 unspecified atom stereocenters. The van der Waals surface area contributed by atoms with Crippen molar-refractivity contribution in [3.63, 3.8) is 0 Å². The van der Waals surface area contributed by atoms with Crippen LogP contribution in [0.2, 0.25) is 0 Å². The topological polar surface area (TPSA) is 53.7 Å². The van der Waals surface area contributed by atoms with Crippen LogP contribution in [0.4, 0.5) is 0 Å². The summed E-state index contributed by atoms with van der Waals surface area (Å²) in [5.41, 5.74) is 6.81. The second-order valence-corrected chi connectivity index (χ2v) is 3.70. The third-order valence-electron chi connectivity index (χ3n) is 2.33. The molecular formula is C12H19NO3. The maximum Gasteiger partial charge on any atom is 0.164 e. The van der Waals surface area contributed by atoms with Gasteiger partial charge in [-0.15, -0.1) is 0 Å². The molecule has 0 aliphatic carbocycles. The summed E-state index contributed by atoms with van der Waals surface area (Å²) in [5, 5.41) is 0. The molecule has 4 heteroatoms. The Bertz CT molecular complexity index is 350. The molecule has 0 radical (unpaired) electrons. The summed E-state index contributed by atoms with van der Waals surface area (Å²) < 4.78 is 15.7. The molecule has 1 aromatic carbocycles. The molecule has 16 heavy (non-hydrogen) atoms. The third kappa shape index (κ3) is 2.79. The molecule has 1 rings (SSSR count). The zero-order valence-electron chi connectivity index (χ0n) is 10.2. The SMILES string of the molecule is COc1cc(OC)c(OC)cc1C[C@H](C)N. The van der Waals surface area contributed by atoms with E-state index >= 15 is 0 Å². The van der Waals surface area contributed by atoms with E-state index in [-0.39, 0.29) is 6.04 Å². The maximum atomic E-state index is 5.78. The molecule has 0 aromatic heterocycles. The lowest BCUT2D eigenvalue weighted by Gasteiger charge is -2.15. The first-order chi connectivity index (χ1) is 7.62. The Morgan fingerprint density at radius 3 is 1.94 bits per heavy atom. The molecule has 0 bridgehead atoms. The Kier molecular flexibility index (Phi) is 4.43. The number of ether oxygens (including phenoxy) is 3. The monoisotopic (exact) mass is 225 g/mol. The highest BCUT2D eigenvalue weighted by Crippen LogP contribution is 2.34. The molecule has 0 aliphatic rings. The van der Waals surface area contributed by atoms with Crippen molar-refractivity contribution >= 4 is 0 Å². The number of benzene rings is 1. The van der Waals surface area contributed by atoms with Gasteiger partial charge in [0.15, 0.2) is 11.5 Å². The standard InChI is InChI=1S/C12H19NO3/c1-8(13)5-9-6-11(15-3)12(16-4)7-10(9)14-2/h6-8H,5,13H2,1-4H3/t8-/m0/s1. The molecule has 0 heterocycles. The minimum atomic E-state index is 0.0759. The summed E-state index contributed by atoms with van der Waals surface area (Å²) in [6.07, 6.45) is 0.740. The Hall–Kier alpha value is -1.42. The van der Waals surface area contributed by atoms with Crippen LogP contribution in [0.15, 0.2) is 12.1 Å². The Labute approximate surface area is 96.3 Å². The van der Waals surface area contributed by atoms with E-state index in [4.69, 9.17) is 19.9 Å². The van der Waals surface area contributed by atoms with Crippen molar-refractivity contribution in [3.8, 4) is 17.2 Å². The van der Waals surface area contributed by atoms with Crippen LogP contribution in [-0.2, 0) is 6.42 Å². The number of nitrogens with two attached hydrogens (primary N) is 1. The van der Waals surface area contributed by atoms with E-state index in [0.29, 0.717) is 11.5 Å². The lowest BCUT2D eigenvalue weighted by atomic mass is 10.1. The van der Waals surface area contributed by atoms with Crippen molar-refractivity contribution in [3.05, 3.63) is 17.7 Å². The Balaban J connectivity index is 3.15. The van der Waals surface area contributed by atoms with Crippen LogP contribution in [0.3, 0.4) is 0 Å². The fraction of sp³-hybridized carbons (Fsp3) is 0.500. The van der Waals surface area contributed by atoms with Gasteiger partial charge in [0.25, 0.3) is 0 Å². The van der Waals surface area contributed by atoms with Gasteiger partial charge in [-0.25, -0.2) is 0 Å². The van der Waals surface area contributed by atoms with Crippen LogP contribution in [0.5, 0.6) is 17.2 Å². The number of methoxy groups -OCH3 is 3. The van der Waals surface area contributed by atoms with Crippen molar-refractivity contribution < 1.29 is 14.2 Å². The molecule has 4 nitrogen and oxygen atoms in total. The average Bonchev–Trinajstić information content (AvgIpc) is 2.27. The number of hydrogen-bond donors (Lipinski definition) is 1. The number of rotatable bonds is 5. The maximum absolute atomic E-state index is 5.78. The van der Waals surface area contributed by atoms with Gasteiger partial charge in [0, 0.05) is 12.1 Å². The van der Waals surface area contributed by atoms with E-state index in [0.717, 1.165) is 17.7 Å². The molecule has 1 atom stereocenters. The fourth-order valence-corrected chi connectivity index (χ4v) is 1.60. The first-order valence-electron chi connectivity index (χ1n) is 5.16. The van der Waals surface area contributed by atoms with Crippen molar-refractivity contribution in [2.45, 2.75) is 19.4 Å². The van der Waals surface area contributed by atoms with E-state index in [1.54, 1.807) is 21.3 Å². The lowest BCUT2D eigenvalue weighted by Crippen LogP contribution is -2.18. The second kappa shape index (κ2) is 5.61. The normalized spacial score (nSPS) is 12.1. The first-order valence-corrected chi connectivity index (χ1v) is 5.16. The highest BCUT2D eigenvalue weighted by Gasteiger charge is 2.12. The van der Waals surface area contributed by atoms with Gasteiger partial charge in [0.1, 0.15) is 5.75 Å². The molecule has 90 valence electrons. The van der Waals surface area contributed by atoms with Crippen molar-refractivity contribution in [1.82, 2.24) is 0 Å². The van der Waals surface area contributed by atoms with Gasteiger partial charge in [-0.3, -0.25) is 0 Å². The molecule has 0 fully saturated rings. The summed E-state index contributed by atoms with van der Waals surface area (Å²) in [7, 11) is 4.84. The van der Waals surface area contributed by atoms with Gasteiger partial charge in [-0.05, 0) is 25.0 Å². The van der Waals surface area contributed by atoms with Gasteiger partial charge >= 0.3 is 0 Å². The predicted octanol–water partition coefficient (Wildman–Crippen LogP) is 1.60. The molecule has 0 aliphatic heterocycles. The van der Waals surface area contributed by atoms with E-state index in [2.05, 4.69) is 0 Å². The quantitative estimate of drug-likeness (QED) is 0.827. The molecule has 0 saturated heterocycles. The van der Waals surface area contributed by atoms with Gasteiger partial charge < -0.3 is 19.9 Å². The zero-order valence-corrected chi connectivity index (χ0v) is 10.2. The summed E-state index contributed by atoms with van der Waals surface area (Å²) in [6, 6.07) is 3.80. The average molecular weight is 225 g/mol. The van der Waals surface area contributed by atoms with Crippen molar-refractivity contribution in [2.75, 3.05) is 21.3 Å². The number of hydrogen-bond acceptors (Lipinski definition) is 4. The summed E-state index contributed by atoms with van der Waals surface area (Å²) in [4.78, 5) is 0. The van der Waals surface area contributed by atoms with Crippen LogP contribution in [-0.4, -0.2) is 27.4 Å². The van der Waals surface area contributed by atoms with Crippen LogP contribution < -0.4 is 19.9 Å². The van der Waals surface area contributed by atoms with E-state index in [1.165, 1.54) is 0 Å². The van der Waals surface area contributed by atoms with E-state index in [1.807, 2.05) is 19.1 Å². The molecule has 0 amide bonds. The van der Waals surface area contributed by atoms with Crippen LogP contribution in [0, 0.1) is 0 Å². The Morgan fingerprint density at radius 2 is 1.50 bits per heavy atom. The highest BCUT2D eigenvalue weighted by atomic mass is 16.5. The van der Waals surface area contributed by atoms with Crippen molar-refractivity contribution in [2.24, 2.45) is 5.73 Å². The Morgan fingerprint density at radius 1 is 1.00 bits per heavy atom. The van der Waals surface area contributed by atoms with E-state index < -0.39 is 0 Å². The molecular weight excluding hydrogens is 206 g/mol.